The number of methoxy groups -OCH3 is 1. The van der Waals surface area contributed by atoms with Gasteiger partial charge >= 0.3 is 5.97 Å². The minimum atomic E-state index is -0.543. The molecule has 0 fully saturated rings. The number of carbonyl (C=O) groups excluding carboxylic acids is 2. The second kappa shape index (κ2) is 9.47. The van der Waals surface area contributed by atoms with Crippen LogP contribution in [0.1, 0.15) is 51.9 Å². The van der Waals surface area contributed by atoms with Gasteiger partial charge in [-0.15, -0.1) is 0 Å². The second-order valence-electron chi connectivity index (χ2n) is 3.59. The van der Waals surface area contributed by atoms with E-state index >= 15 is 0 Å². The summed E-state index contributed by atoms with van der Waals surface area (Å²) in [6.45, 7) is 2.17. The van der Waals surface area contributed by atoms with Gasteiger partial charge in [-0.3, -0.25) is 0 Å². The van der Waals surface area contributed by atoms with Crippen molar-refractivity contribution in [2.75, 3.05) is 7.11 Å². The number of carbonyl (C=O) groups is 1. The first-order valence-electron chi connectivity index (χ1n) is 5.58. The van der Waals surface area contributed by atoms with Gasteiger partial charge in [0.1, 0.15) is 11.5 Å². The lowest BCUT2D eigenvalue weighted by Gasteiger charge is -2.01. The molecule has 0 rings (SSSR count). The van der Waals surface area contributed by atoms with Gasteiger partial charge in [0.15, 0.2) is 0 Å². The van der Waals surface area contributed by atoms with Crippen molar-refractivity contribution in [3.8, 4) is 0 Å². The zero-order chi connectivity index (χ0) is 11.5. The SMILES string of the molecule is CCCCCCCCC(=C=O)C(=O)OC. The maximum absolute atomic E-state index is 11.0. The van der Waals surface area contributed by atoms with Gasteiger partial charge < -0.3 is 4.74 Å². The van der Waals surface area contributed by atoms with Crippen LogP contribution < -0.4 is 0 Å². The van der Waals surface area contributed by atoms with Crippen molar-refractivity contribution in [2.24, 2.45) is 0 Å². The number of unbranched alkanes of at least 4 members (excludes halogenated alkanes) is 5. The van der Waals surface area contributed by atoms with Crippen molar-refractivity contribution >= 4 is 11.9 Å². The fraction of sp³-hybridized carbons (Fsp3) is 0.750. The Bertz CT molecular complexity index is 227. The molecule has 0 heterocycles. The lowest BCUT2D eigenvalue weighted by molar-refractivity contribution is -0.136. The standard InChI is InChI=1S/C12H20O3/c1-3-4-5-6-7-8-9-11(10-13)12(14)15-2/h3-9H2,1-2H3. The minimum absolute atomic E-state index is 0.132. The van der Waals surface area contributed by atoms with E-state index in [1.54, 1.807) is 5.94 Å². The maximum Gasteiger partial charge on any atom is 0.344 e. The van der Waals surface area contributed by atoms with E-state index in [9.17, 15) is 9.59 Å². The van der Waals surface area contributed by atoms with E-state index < -0.39 is 5.97 Å². The Balaban J connectivity index is 3.57. The van der Waals surface area contributed by atoms with Gasteiger partial charge in [-0.05, 0) is 12.8 Å². The molecule has 0 unspecified atom stereocenters. The predicted octanol–water partition coefficient (Wildman–Crippen LogP) is 2.67. The molecule has 0 bridgehead atoms. The fourth-order valence-electron chi connectivity index (χ4n) is 1.40. The summed E-state index contributed by atoms with van der Waals surface area (Å²) in [6.07, 6.45) is 7.29. The molecule has 3 nitrogen and oxygen atoms in total. The summed E-state index contributed by atoms with van der Waals surface area (Å²) in [5.41, 5.74) is 0.132. The van der Waals surface area contributed by atoms with Gasteiger partial charge in [0.25, 0.3) is 0 Å². The summed E-state index contributed by atoms with van der Waals surface area (Å²) in [5, 5.41) is 0. The summed E-state index contributed by atoms with van der Waals surface area (Å²) in [4.78, 5) is 21.4. The van der Waals surface area contributed by atoms with Gasteiger partial charge in [0.05, 0.1) is 7.11 Å². The molecule has 3 heteroatoms. The maximum atomic E-state index is 11.0. The van der Waals surface area contributed by atoms with Crippen LogP contribution in [-0.2, 0) is 14.3 Å². The van der Waals surface area contributed by atoms with Crippen molar-refractivity contribution in [3.05, 3.63) is 5.57 Å². The van der Waals surface area contributed by atoms with Crippen LogP contribution >= 0.6 is 0 Å². The van der Waals surface area contributed by atoms with E-state index in [1.807, 2.05) is 0 Å². The zero-order valence-electron chi connectivity index (χ0n) is 9.67. The van der Waals surface area contributed by atoms with Crippen LogP contribution in [0, 0.1) is 0 Å². The number of rotatable bonds is 8. The number of hydrogen-bond acceptors (Lipinski definition) is 3. The molecule has 0 N–H and O–H groups in total. The van der Waals surface area contributed by atoms with Crippen LogP contribution in [0.2, 0.25) is 0 Å². The van der Waals surface area contributed by atoms with E-state index in [2.05, 4.69) is 11.7 Å². The third kappa shape index (κ3) is 6.92. The average Bonchev–Trinajstić information content (AvgIpc) is 2.27. The Kier molecular flexibility index (Phi) is 8.79. The Hall–Kier alpha value is -1.08. The molecule has 0 saturated heterocycles. The Labute approximate surface area is 91.5 Å². The van der Waals surface area contributed by atoms with Crippen LogP contribution in [-0.4, -0.2) is 19.0 Å². The van der Waals surface area contributed by atoms with Gasteiger partial charge in [-0.25, -0.2) is 9.59 Å². The molecule has 0 aliphatic carbocycles. The predicted molar refractivity (Wildman–Crippen MR) is 59.2 cm³/mol. The second-order valence-corrected chi connectivity index (χ2v) is 3.59. The summed E-state index contributed by atoms with van der Waals surface area (Å²) < 4.78 is 4.46. The quantitative estimate of drug-likeness (QED) is 0.269. The van der Waals surface area contributed by atoms with Gasteiger partial charge in [-0.1, -0.05) is 39.0 Å². The van der Waals surface area contributed by atoms with Crippen molar-refractivity contribution in [1.29, 1.82) is 0 Å². The largest absolute Gasteiger partial charge is 0.465 e. The van der Waals surface area contributed by atoms with Crippen LogP contribution in [0.15, 0.2) is 5.57 Å². The minimum Gasteiger partial charge on any atom is -0.465 e. The number of hydrogen-bond donors (Lipinski definition) is 0. The molecule has 0 amide bonds. The summed E-state index contributed by atoms with van der Waals surface area (Å²) in [5.74, 6) is 1.10. The molecule has 15 heavy (non-hydrogen) atoms. The molecular weight excluding hydrogens is 192 g/mol. The molecule has 0 aliphatic heterocycles. The lowest BCUT2D eigenvalue weighted by atomic mass is 10.1. The van der Waals surface area contributed by atoms with E-state index in [4.69, 9.17) is 0 Å². The molecular formula is C12H20O3. The van der Waals surface area contributed by atoms with E-state index in [0.717, 1.165) is 12.8 Å². The third-order valence-electron chi connectivity index (χ3n) is 2.34. The summed E-state index contributed by atoms with van der Waals surface area (Å²) in [7, 11) is 1.28. The average molecular weight is 212 g/mol. The highest BCUT2D eigenvalue weighted by atomic mass is 16.5. The highest BCUT2D eigenvalue weighted by molar-refractivity contribution is 5.96. The van der Waals surface area contributed by atoms with Crippen LogP contribution in [0.3, 0.4) is 0 Å². The Morgan fingerprint density at radius 3 is 2.27 bits per heavy atom. The van der Waals surface area contributed by atoms with Crippen LogP contribution in [0.5, 0.6) is 0 Å². The molecule has 0 atom stereocenters. The zero-order valence-corrected chi connectivity index (χ0v) is 9.67. The molecule has 0 aliphatic rings. The topological polar surface area (TPSA) is 43.4 Å². The first-order chi connectivity index (χ1) is 7.26. The fourth-order valence-corrected chi connectivity index (χ4v) is 1.40. The first kappa shape index (κ1) is 13.9. The summed E-state index contributed by atoms with van der Waals surface area (Å²) >= 11 is 0. The lowest BCUT2D eigenvalue weighted by Crippen LogP contribution is -2.05. The monoisotopic (exact) mass is 212 g/mol. The van der Waals surface area contributed by atoms with Crippen molar-refractivity contribution in [2.45, 2.75) is 51.9 Å². The molecule has 0 aromatic heterocycles. The van der Waals surface area contributed by atoms with Crippen LogP contribution in [0.25, 0.3) is 0 Å². The summed E-state index contributed by atoms with van der Waals surface area (Å²) in [6, 6.07) is 0. The Morgan fingerprint density at radius 1 is 1.13 bits per heavy atom. The Morgan fingerprint density at radius 2 is 1.73 bits per heavy atom. The van der Waals surface area contributed by atoms with Crippen molar-refractivity contribution in [3.63, 3.8) is 0 Å². The highest BCUT2D eigenvalue weighted by Crippen LogP contribution is 2.10. The first-order valence-corrected chi connectivity index (χ1v) is 5.58. The smallest absolute Gasteiger partial charge is 0.344 e. The number of ether oxygens (including phenoxy) is 1. The van der Waals surface area contributed by atoms with Gasteiger partial charge in [-0.2, -0.15) is 0 Å². The molecule has 0 radical (unpaired) electrons. The van der Waals surface area contributed by atoms with Crippen molar-refractivity contribution in [1.82, 2.24) is 0 Å². The molecule has 0 spiro atoms. The number of esters is 1. The van der Waals surface area contributed by atoms with Gasteiger partial charge in [0, 0.05) is 0 Å². The van der Waals surface area contributed by atoms with E-state index in [1.165, 1.54) is 32.8 Å². The molecule has 0 aromatic rings. The van der Waals surface area contributed by atoms with Gasteiger partial charge in [0.2, 0.25) is 0 Å². The normalized spacial score (nSPS) is 9.47. The highest BCUT2D eigenvalue weighted by Gasteiger charge is 2.09. The molecule has 0 saturated carbocycles. The van der Waals surface area contributed by atoms with Crippen LogP contribution in [0.4, 0.5) is 0 Å². The molecule has 86 valence electrons. The molecule has 0 aromatic carbocycles. The van der Waals surface area contributed by atoms with E-state index in [-0.39, 0.29) is 5.57 Å². The van der Waals surface area contributed by atoms with E-state index in [0.29, 0.717) is 6.42 Å². The third-order valence-corrected chi connectivity index (χ3v) is 2.34. The van der Waals surface area contributed by atoms with Crippen molar-refractivity contribution < 1.29 is 14.3 Å².